The first-order valence-corrected chi connectivity index (χ1v) is 7.16. The third-order valence-corrected chi connectivity index (χ3v) is 4.71. The van der Waals surface area contributed by atoms with Gasteiger partial charge in [-0.15, -0.1) is 0 Å². The molecule has 2 nitrogen and oxygen atoms in total. The second-order valence-corrected chi connectivity index (χ2v) is 5.87. The molecule has 0 aromatic heterocycles. The molecule has 1 aliphatic heterocycles. The van der Waals surface area contributed by atoms with Crippen molar-refractivity contribution in [1.29, 1.82) is 0 Å². The van der Waals surface area contributed by atoms with Gasteiger partial charge in [0.15, 0.2) is 0 Å². The van der Waals surface area contributed by atoms with E-state index in [0.29, 0.717) is 5.41 Å². The summed E-state index contributed by atoms with van der Waals surface area (Å²) in [5.41, 5.74) is 10.2. The number of anilines is 1. The van der Waals surface area contributed by atoms with Gasteiger partial charge in [0.1, 0.15) is 0 Å². The maximum absolute atomic E-state index is 6.07. The van der Waals surface area contributed by atoms with Crippen molar-refractivity contribution in [2.75, 3.05) is 18.8 Å². The number of hydrogen-bond acceptors (Lipinski definition) is 2. The average Bonchev–Trinajstić information content (AvgIpc) is 2.78. The zero-order valence-corrected chi connectivity index (χ0v) is 12.0. The summed E-state index contributed by atoms with van der Waals surface area (Å²) in [5.74, 6) is 0. The van der Waals surface area contributed by atoms with Crippen LogP contribution in [0.5, 0.6) is 0 Å². The Morgan fingerprint density at radius 1 is 1.28 bits per heavy atom. The summed E-state index contributed by atoms with van der Waals surface area (Å²) in [6.07, 6.45) is 3.93. The number of likely N-dealkylation sites (tertiary alicyclic amines) is 1. The maximum Gasteiger partial charge on any atom is 0.0359 e. The fourth-order valence-corrected chi connectivity index (χ4v) is 3.10. The van der Waals surface area contributed by atoms with E-state index in [1.165, 1.54) is 43.5 Å². The van der Waals surface area contributed by atoms with Crippen LogP contribution in [0, 0.1) is 12.3 Å². The SMILES string of the molecule is CCC1(CC)CCN(Cc2cc(C)ccc2N)C1. The Kier molecular flexibility index (Phi) is 3.96. The fourth-order valence-electron chi connectivity index (χ4n) is 3.10. The van der Waals surface area contributed by atoms with E-state index in [1.54, 1.807) is 0 Å². The predicted molar refractivity (Wildman–Crippen MR) is 78.5 cm³/mol. The van der Waals surface area contributed by atoms with Gasteiger partial charge >= 0.3 is 0 Å². The molecule has 0 saturated carbocycles. The smallest absolute Gasteiger partial charge is 0.0359 e. The minimum absolute atomic E-state index is 0.554. The molecule has 1 aliphatic rings. The first-order chi connectivity index (χ1) is 8.58. The first-order valence-electron chi connectivity index (χ1n) is 7.16. The van der Waals surface area contributed by atoms with Crippen molar-refractivity contribution in [2.24, 2.45) is 5.41 Å². The van der Waals surface area contributed by atoms with Gasteiger partial charge in [0.25, 0.3) is 0 Å². The lowest BCUT2D eigenvalue weighted by molar-refractivity contribution is 0.236. The quantitative estimate of drug-likeness (QED) is 0.823. The van der Waals surface area contributed by atoms with Crippen molar-refractivity contribution >= 4 is 5.69 Å². The van der Waals surface area contributed by atoms with Crippen molar-refractivity contribution in [2.45, 2.75) is 46.6 Å². The number of hydrogen-bond donors (Lipinski definition) is 1. The van der Waals surface area contributed by atoms with Crippen LogP contribution in [0.4, 0.5) is 5.69 Å². The molecule has 2 heteroatoms. The molecule has 0 radical (unpaired) electrons. The molecule has 1 saturated heterocycles. The number of nitrogen functional groups attached to an aromatic ring is 1. The summed E-state index contributed by atoms with van der Waals surface area (Å²) in [4.78, 5) is 2.57. The van der Waals surface area contributed by atoms with Crippen LogP contribution in [0.2, 0.25) is 0 Å². The van der Waals surface area contributed by atoms with Crippen LogP contribution in [-0.4, -0.2) is 18.0 Å². The molecular formula is C16H26N2. The summed E-state index contributed by atoms with van der Waals surface area (Å²) < 4.78 is 0. The Morgan fingerprint density at radius 2 is 2.00 bits per heavy atom. The summed E-state index contributed by atoms with van der Waals surface area (Å²) in [6.45, 7) is 10.2. The Hall–Kier alpha value is -1.02. The molecule has 2 rings (SSSR count). The van der Waals surface area contributed by atoms with E-state index in [-0.39, 0.29) is 0 Å². The number of nitrogens with two attached hydrogens (primary N) is 1. The van der Waals surface area contributed by atoms with Gasteiger partial charge < -0.3 is 5.73 Å². The second-order valence-electron chi connectivity index (χ2n) is 5.87. The van der Waals surface area contributed by atoms with Gasteiger partial charge in [0.2, 0.25) is 0 Å². The Morgan fingerprint density at radius 3 is 2.61 bits per heavy atom. The van der Waals surface area contributed by atoms with Crippen molar-refractivity contribution in [1.82, 2.24) is 4.90 Å². The molecule has 0 amide bonds. The highest BCUT2D eigenvalue weighted by atomic mass is 15.2. The number of nitrogens with zero attached hydrogens (tertiary/aromatic N) is 1. The second kappa shape index (κ2) is 5.31. The standard InChI is InChI=1S/C16H26N2/c1-4-16(5-2)8-9-18(12-16)11-14-10-13(3)6-7-15(14)17/h6-7,10H,4-5,8-9,11-12,17H2,1-3H3. The van der Waals surface area contributed by atoms with E-state index in [0.717, 1.165) is 12.2 Å². The van der Waals surface area contributed by atoms with Gasteiger partial charge in [0, 0.05) is 18.8 Å². The van der Waals surface area contributed by atoms with E-state index >= 15 is 0 Å². The summed E-state index contributed by atoms with van der Waals surface area (Å²) >= 11 is 0. The fraction of sp³-hybridized carbons (Fsp3) is 0.625. The molecule has 1 heterocycles. The monoisotopic (exact) mass is 246 g/mol. The van der Waals surface area contributed by atoms with Crippen LogP contribution < -0.4 is 5.73 Å². The van der Waals surface area contributed by atoms with Gasteiger partial charge in [-0.3, -0.25) is 4.90 Å². The Labute approximate surface area is 111 Å². The molecule has 0 spiro atoms. The highest BCUT2D eigenvalue weighted by molar-refractivity contribution is 5.48. The van der Waals surface area contributed by atoms with Crippen molar-refractivity contribution in [3.05, 3.63) is 29.3 Å². The minimum Gasteiger partial charge on any atom is -0.398 e. The van der Waals surface area contributed by atoms with Gasteiger partial charge in [-0.05, 0) is 49.8 Å². The van der Waals surface area contributed by atoms with Gasteiger partial charge in [0.05, 0.1) is 0 Å². The van der Waals surface area contributed by atoms with Crippen LogP contribution in [0.1, 0.15) is 44.2 Å². The number of aryl methyl sites for hydroxylation is 1. The molecule has 1 aromatic carbocycles. The third-order valence-electron chi connectivity index (χ3n) is 4.71. The topological polar surface area (TPSA) is 29.3 Å². The zero-order valence-electron chi connectivity index (χ0n) is 12.0. The molecule has 0 bridgehead atoms. The van der Waals surface area contributed by atoms with E-state index in [2.05, 4.69) is 37.8 Å². The largest absolute Gasteiger partial charge is 0.398 e. The molecule has 18 heavy (non-hydrogen) atoms. The molecule has 1 aromatic rings. The predicted octanol–water partition coefficient (Wildman–Crippen LogP) is 3.59. The highest BCUT2D eigenvalue weighted by Crippen LogP contribution is 2.37. The normalized spacial score (nSPS) is 19.3. The van der Waals surface area contributed by atoms with E-state index in [4.69, 9.17) is 5.73 Å². The van der Waals surface area contributed by atoms with E-state index in [9.17, 15) is 0 Å². The van der Waals surface area contributed by atoms with Crippen molar-refractivity contribution in [3.63, 3.8) is 0 Å². The molecule has 0 aliphatic carbocycles. The zero-order chi connectivity index (χ0) is 13.2. The minimum atomic E-state index is 0.554. The maximum atomic E-state index is 6.07. The summed E-state index contributed by atoms with van der Waals surface area (Å²) in [7, 11) is 0. The molecule has 2 N–H and O–H groups in total. The van der Waals surface area contributed by atoms with E-state index < -0.39 is 0 Å². The number of rotatable bonds is 4. The average molecular weight is 246 g/mol. The first kappa shape index (κ1) is 13.4. The lowest BCUT2D eigenvalue weighted by Crippen LogP contribution is -2.26. The molecule has 0 atom stereocenters. The third kappa shape index (κ3) is 2.69. The Bertz CT molecular complexity index is 408. The van der Waals surface area contributed by atoms with Crippen LogP contribution in [-0.2, 0) is 6.54 Å². The highest BCUT2D eigenvalue weighted by Gasteiger charge is 2.34. The van der Waals surface area contributed by atoms with Crippen LogP contribution >= 0.6 is 0 Å². The molecule has 1 fully saturated rings. The van der Waals surface area contributed by atoms with E-state index in [1.807, 2.05) is 6.07 Å². The van der Waals surface area contributed by atoms with Gasteiger partial charge in [-0.2, -0.15) is 0 Å². The van der Waals surface area contributed by atoms with Gasteiger partial charge in [-0.1, -0.05) is 31.5 Å². The van der Waals surface area contributed by atoms with Gasteiger partial charge in [-0.25, -0.2) is 0 Å². The Balaban J connectivity index is 2.05. The molecular weight excluding hydrogens is 220 g/mol. The lowest BCUT2D eigenvalue weighted by atomic mass is 9.82. The van der Waals surface area contributed by atoms with Crippen molar-refractivity contribution in [3.8, 4) is 0 Å². The molecule has 100 valence electrons. The van der Waals surface area contributed by atoms with Crippen LogP contribution in [0.15, 0.2) is 18.2 Å². The van der Waals surface area contributed by atoms with Crippen LogP contribution in [0.25, 0.3) is 0 Å². The summed E-state index contributed by atoms with van der Waals surface area (Å²) in [5, 5.41) is 0. The van der Waals surface area contributed by atoms with Crippen molar-refractivity contribution < 1.29 is 0 Å². The summed E-state index contributed by atoms with van der Waals surface area (Å²) in [6, 6.07) is 6.35. The lowest BCUT2D eigenvalue weighted by Gasteiger charge is -2.26. The number of benzene rings is 1. The van der Waals surface area contributed by atoms with Crippen LogP contribution in [0.3, 0.4) is 0 Å². The molecule has 0 unspecified atom stereocenters.